The summed E-state index contributed by atoms with van der Waals surface area (Å²) < 4.78 is 14.1. The van der Waals surface area contributed by atoms with Crippen LogP contribution in [0.25, 0.3) is 0 Å². The van der Waals surface area contributed by atoms with Crippen LogP contribution < -0.4 is 5.73 Å². The lowest BCUT2D eigenvalue weighted by Crippen LogP contribution is -2.39. The lowest BCUT2D eigenvalue weighted by atomic mass is 9.92. The molecule has 22 heavy (non-hydrogen) atoms. The van der Waals surface area contributed by atoms with Crippen molar-refractivity contribution < 1.29 is 9.18 Å². The molecule has 1 amide bonds. The van der Waals surface area contributed by atoms with Crippen LogP contribution in [-0.2, 0) is 13.0 Å². The van der Waals surface area contributed by atoms with E-state index >= 15 is 0 Å². The van der Waals surface area contributed by atoms with Crippen LogP contribution in [0.15, 0.2) is 42.5 Å². The minimum Gasteiger partial charge on any atom is -0.331 e. The Bertz CT molecular complexity index is 697. The summed E-state index contributed by atoms with van der Waals surface area (Å²) in [4.78, 5) is 14.4. The number of carbonyl (C=O) groups is 1. The molecular formula is C18H19FN2O. The van der Waals surface area contributed by atoms with Crippen molar-refractivity contribution in [1.82, 2.24) is 4.90 Å². The van der Waals surface area contributed by atoms with Gasteiger partial charge in [0.25, 0.3) is 5.91 Å². The Balaban J connectivity index is 1.89. The van der Waals surface area contributed by atoms with Gasteiger partial charge in [-0.3, -0.25) is 4.79 Å². The normalized spacial score (nSPS) is 17.2. The average molecular weight is 298 g/mol. The molecule has 4 heteroatoms. The third kappa shape index (κ3) is 2.50. The first kappa shape index (κ1) is 14.7. The Morgan fingerprint density at radius 3 is 2.68 bits per heavy atom. The van der Waals surface area contributed by atoms with Crippen molar-refractivity contribution in [3.05, 3.63) is 70.5 Å². The highest BCUT2D eigenvalue weighted by Crippen LogP contribution is 2.32. The molecule has 0 spiro atoms. The van der Waals surface area contributed by atoms with Crippen LogP contribution in [0.2, 0.25) is 0 Å². The summed E-state index contributed by atoms with van der Waals surface area (Å²) in [5.41, 5.74) is 8.81. The van der Waals surface area contributed by atoms with E-state index in [4.69, 9.17) is 5.73 Å². The molecule has 1 heterocycles. The molecule has 2 N–H and O–H groups in total. The second-order valence-electron chi connectivity index (χ2n) is 5.64. The fraction of sp³-hybridized carbons (Fsp3) is 0.278. The summed E-state index contributed by atoms with van der Waals surface area (Å²) in [6.45, 7) is 2.94. The topological polar surface area (TPSA) is 46.3 Å². The van der Waals surface area contributed by atoms with Gasteiger partial charge < -0.3 is 10.6 Å². The average Bonchev–Trinajstić information content (AvgIpc) is 2.55. The zero-order valence-electron chi connectivity index (χ0n) is 12.6. The van der Waals surface area contributed by atoms with Crippen molar-refractivity contribution in [1.29, 1.82) is 0 Å². The summed E-state index contributed by atoms with van der Waals surface area (Å²) in [7, 11) is 0. The van der Waals surface area contributed by atoms with Crippen molar-refractivity contribution in [2.75, 3.05) is 6.54 Å². The van der Waals surface area contributed by atoms with Gasteiger partial charge in [0, 0.05) is 24.2 Å². The molecule has 0 aliphatic carbocycles. The minimum absolute atomic E-state index is 0.0648. The molecule has 0 radical (unpaired) electrons. The number of carbonyl (C=O) groups excluding carboxylic acids is 1. The number of fused-ring (bicyclic) bond motifs is 1. The third-order valence-electron chi connectivity index (χ3n) is 4.35. The molecule has 1 aliphatic rings. The predicted octanol–water partition coefficient (Wildman–Crippen LogP) is 3.04. The van der Waals surface area contributed by atoms with Crippen LogP contribution in [0.5, 0.6) is 0 Å². The maximum atomic E-state index is 14.1. The van der Waals surface area contributed by atoms with Crippen molar-refractivity contribution in [2.45, 2.75) is 25.9 Å². The van der Waals surface area contributed by atoms with E-state index in [1.165, 1.54) is 6.07 Å². The minimum atomic E-state index is -0.258. The Hall–Kier alpha value is -2.20. The highest BCUT2D eigenvalue weighted by molar-refractivity contribution is 5.94. The fourth-order valence-electron chi connectivity index (χ4n) is 3.08. The third-order valence-corrected chi connectivity index (χ3v) is 4.35. The molecule has 1 unspecified atom stereocenters. The van der Waals surface area contributed by atoms with Crippen LogP contribution >= 0.6 is 0 Å². The standard InChI is InChI=1S/C18H19FN2O/c1-12-17-14(3-2-4-16(17)19)9-10-21(12)18(22)15-7-5-13(11-20)6-8-15/h2-8,12H,9-11,20H2,1H3. The van der Waals surface area contributed by atoms with Crippen LogP contribution in [-0.4, -0.2) is 17.4 Å². The molecular weight excluding hydrogens is 279 g/mol. The van der Waals surface area contributed by atoms with Crippen LogP contribution in [0.1, 0.15) is 40.0 Å². The van der Waals surface area contributed by atoms with Gasteiger partial charge in [0.2, 0.25) is 0 Å². The highest BCUT2D eigenvalue weighted by atomic mass is 19.1. The molecule has 1 atom stereocenters. The number of hydrogen-bond acceptors (Lipinski definition) is 2. The van der Waals surface area contributed by atoms with Crippen LogP contribution in [0.4, 0.5) is 4.39 Å². The molecule has 0 aromatic heterocycles. The van der Waals surface area contributed by atoms with Gasteiger partial charge in [-0.2, -0.15) is 0 Å². The number of benzene rings is 2. The van der Waals surface area contributed by atoms with E-state index in [0.717, 1.165) is 11.1 Å². The number of hydrogen-bond donors (Lipinski definition) is 1. The van der Waals surface area contributed by atoms with Crippen molar-refractivity contribution >= 4 is 5.91 Å². The molecule has 114 valence electrons. The van der Waals surface area contributed by atoms with Gasteiger partial charge in [0.1, 0.15) is 5.82 Å². The molecule has 3 nitrogen and oxygen atoms in total. The molecule has 3 rings (SSSR count). The van der Waals surface area contributed by atoms with E-state index < -0.39 is 0 Å². The van der Waals surface area contributed by atoms with Crippen molar-refractivity contribution in [3.63, 3.8) is 0 Å². The monoisotopic (exact) mass is 298 g/mol. The lowest BCUT2D eigenvalue weighted by Gasteiger charge is -2.35. The van der Waals surface area contributed by atoms with E-state index in [1.54, 1.807) is 23.1 Å². The Morgan fingerprint density at radius 2 is 2.00 bits per heavy atom. The molecule has 2 aromatic carbocycles. The van der Waals surface area contributed by atoms with E-state index in [0.29, 0.717) is 30.6 Å². The Morgan fingerprint density at radius 1 is 1.27 bits per heavy atom. The number of rotatable bonds is 2. The van der Waals surface area contributed by atoms with Crippen LogP contribution in [0.3, 0.4) is 0 Å². The van der Waals surface area contributed by atoms with Gasteiger partial charge in [0.15, 0.2) is 0 Å². The molecule has 0 bridgehead atoms. The van der Waals surface area contributed by atoms with Gasteiger partial charge in [-0.25, -0.2) is 4.39 Å². The van der Waals surface area contributed by atoms with E-state index in [9.17, 15) is 9.18 Å². The molecule has 0 saturated carbocycles. The molecule has 2 aromatic rings. The zero-order valence-corrected chi connectivity index (χ0v) is 12.6. The largest absolute Gasteiger partial charge is 0.331 e. The quantitative estimate of drug-likeness (QED) is 0.926. The van der Waals surface area contributed by atoms with E-state index in [1.807, 2.05) is 25.1 Å². The maximum absolute atomic E-state index is 14.1. The second-order valence-corrected chi connectivity index (χ2v) is 5.64. The number of amides is 1. The fourth-order valence-corrected chi connectivity index (χ4v) is 3.08. The summed E-state index contributed by atoms with van der Waals surface area (Å²) in [6, 6.07) is 12.2. The first-order valence-corrected chi connectivity index (χ1v) is 7.49. The van der Waals surface area contributed by atoms with Gasteiger partial charge >= 0.3 is 0 Å². The molecule has 1 aliphatic heterocycles. The Labute approximate surface area is 129 Å². The summed E-state index contributed by atoms with van der Waals surface area (Å²) in [5.74, 6) is -0.300. The van der Waals surface area contributed by atoms with Gasteiger partial charge in [-0.1, -0.05) is 24.3 Å². The summed E-state index contributed by atoms with van der Waals surface area (Å²) >= 11 is 0. The first-order chi connectivity index (χ1) is 10.6. The predicted molar refractivity (Wildman–Crippen MR) is 83.9 cm³/mol. The second kappa shape index (κ2) is 5.89. The Kier molecular flexibility index (Phi) is 3.94. The summed E-state index contributed by atoms with van der Waals surface area (Å²) in [6.07, 6.45) is 0.685. The zero-order chi connectivity index (χ0) is 15.7. The SMILES string of the molecule is CC1c2c(F)cccc2CCN1C(=O)c1ccc(CN)cc1. The highest BCUT2D eigenvalue weighted by Gasteiger charge is 2.30. The molecule has 0 fully saturated rings. The number of nitrogens with two attached hydrogens (primary N) is 1. The lowest BCUT2D eigenvalue weighted by molar-refractivity contribution is 0.0674. The maximum Gasteiger partial charge on any atom is 0.254 e. The van der Waals surface area contributed by atoms with Gasteiger partial charge in [-0.15, -0.1) is 0 Å². The van der Waals surface area contributed by atoms with Crippen molar-refractivity contribution in [3.8, 4) is 0 Å². The number of halogens is 1. The van der Waals surface area contributed by atoms with Gasteiger partial charge in [0.05, 0.1) is 6.04 Å². The van der Waals surface area contributed by atoms with E-state index in [-0.39, 0.29) is 17.8 Å². The first-order valence-electron chi connectivity index (χ1n) is 7.49. The smallest absolute Gasteiger partial charge is 0.254 e. The van der Waals surface area contributed by atoms with Gasteiger partial charge in [-0.05, 0) is 42.7 Å². The van der Waals surface area contributed by atoms with Crippen LogP contribution in [0, 0.1) is 5.82 Å². The van der Waals surface area contributed by atoms with E-state index in [2.05, 4.69) is 0 Å². The van der Waals surface area contributed by atoms with Crippen molar-refractivity contribution in [2.24, 2.45) is 5.73 Å². The molecule has 0 saturated heterocycles. The summed E-state index contributed by atoms with van der Waals surface area (Å²) in [5, 5.41) is 0. The number of nitrogens with zero attached hydrogens (tertiary/aromatic N) is 1.